The summed E-state index contributed by atoms with van der Waals surface area (Å²) in [5, 5.41) is 6.60. The molecule has 4 nitrogen and oxygen atoms in total. The first-order valence-electron chi connectivity index (χ1n) is 5.06. The summed E-state index contributed by atoms with van der Waals surface area (Å²) in [5.41, 5.74) is 0. The largest absolute Gasteiger partial charge is 0.411 e. The van der Waals surface area contributed by atoms with Crippen molar-refractivity contribution >= 4 is 0 Å². The molecule has 0 aliphatic carbocycles. The summed E-state index contributed by atoms with van der Waals surface area (Å²) in [7, 11) is 0. The Bertz CT molecular complexity index is 311. The molecular weight excluding hydrogens is 223 g/mol. The van der Waals surface area contributed by atoms with E-state index in [-0.39, 0.29) is 13.0 Å². The van der Waals surface area contributed by atoms with E-state index < -0.39 is 12.8 Å². The summed E-state index contributed by atoms with van der Waals surface area (Å²) in [6, 6.07) is 0. The van der Waals surface area contributed by atoms with Gasteiger partial charge in [0.1, 0.15) is 12.4 Å². The van der Waals surface area contributed by atoms with Crippen LogP contribution in [0.25, 0.3) is 0 Å². The molecule has 0 aromatic carbocycles. The first-order valence-corrected chi connectivity index (χ1v) is 5.06. The summed E-state index contributed by atoms with van der Waals surface area (Å²) in [6.45, 7) is 0.761. The lowest BCUT2D eigenvalue weighted by Crippen LogP contribution is -2.18. The molecule has 0 saturated heterocycles. The summed E-state index contributed by atoms with van der Waals surface area (Å²) >= 11 is 0. The number of H-pyrrole nitrogens is 1. The van der Waals surface area contributed by atoms with E-state index in [0.717, 1.165) is 18.7 Å². The number of nitrogens with zero attached hydrogens (tertiary/aromatic N) is 2. The number of alkyl halides is 3. The average molecular weight is 237 g/mol. The third kappa shape index (κ3) is 5.11. The minimum absolute atomic E-state index is 0.0249. The van der Waals surface area contributed by atoms with Gasteiger partial charge in [0.25, 0.3) is 0 Å². The fourth-order valence-electron chi connectivity index (χ4n) is 1.15. The minimum atomic E-state index is -4.27. The molecule has 0 fully saturated rings. The maximum atomic E-state index is 11.7. The van der Waals surface area contributed by atoms with Gasteiger partial charge >= 0.3 is 6.18 Å². The normalized spacial score (nSPS) is 12.0. The second kappa shape index (κ2) is 5.83. The topological polar surface area (TPSA) is 50.8 Å². The standard InChI is InChI=1S/C9H14F3N3O/c1-2-3-7-13-8(15-14-7)4-5-16-6-9(10,11)12/h2-6H2,1H3,(H,13,14,15). The second-order valence-corrected chi connectivity index (χ2v) is 3.37. The van der Waals surface area contributed by atoms with Crippen molar-refractivity contribution in [2.45, 2.75) is 32.4 Å². The van der Waals surface area contributed by atoms with Gasteiger partial charge in [-0.15, -0.1) is 0 Å². The van der Waals surface area contributed by atoms with Crippen molar-refractivity contribution in [3.05, 3.63) is 11.6 Å². The van der Waals surface area contributed by atoms with Crippen LogP contribution in [0, 0.1) is 0 Å². The van der Waals surface area contributed by atoms with Crippen LogP contribution in [0.4, 0.5) is 13.2 Å². The molecule has 0 saturated carbocycles. The van der Waals surface area contributed by atoms with Crippen molar-refractivity contribution in [3.63, 3.8) is 0 Å². The molecule has 0 aliphatic rings. The van der Waals surface area contributed by atoms with Crippen LogP contribution >= 0.6 is 0 Å². The van der Waals surface area contributed by atoms with E-state index in [4.69, 9.17) is 0 Å². The smallest absolute Gasteiger partial charge is 0.372 e. The minimum Gasteiger partial charge on any atom is -0.372 e. The molecule has 1 aromatic rings. The highest BCUT2D eigenvalue weighted by molar-refractivity contribution is 4.90. The molecule has 0 bridgehead atoms. The van der Waals surface area contributed by atoms with Crippen LogP contribution in [0.1, 0.15) is 25.0 Å². The molecule has 16 heavy (non-hydrogen) atoms. The molecule has 0 radical (unpaired) electrons. The fraction of sp³-hybridized carbons (Fsp3) is 0.778. The van der Waals surface area contributed by atoms with Gasteiger partial charge < -0.3 is 4.74 Å². The number of rotatable bonds is 6. The van der Waals surface area contributed by atoms with Crippen molar-refractivity contribution in [2.24, 2.45) is 0 Å². The van der Waals surface area contributed by atoms with E-state index in [9.17, 15) is 13.2 Å². The molecule has 1 rings (SSSR count). The molecular formula is C9H14F3N3O. The summed E-state index contributed by atoms with van der Waals surface area (Å²) in [4.78, 5) is 4.11. The summed E-state index contributed by atoms with van der Waals surface area (Å²) in [6.07, 6.45) is -2.25. The molecule has 0 atom stereocenters. The number of aromatic nitrogens is 3. The molecule has 0 spiro atoms. The van der Waals surface area contributed by atoms with Crippen LogP contribution < -0.4 is 0 Å². The summed E-state index contributed by atoms with van der Waals surface area (Å²) < 4.78 is 39.6. The Balaban J connectivity index is 2.21. The molecule has 92 valence electrons. The number of nitrogens with one attached hydrogen (secondary N) is 1. The first kappa shape index (κ1) is 13.0. The third-order valence-electron chi connectivity index (χ3n) is 1.80. The van der Waals surface area contributed by atoms with Gasteiger partial charge in [-0.3, -0.25) is 5.10 Å². The van der Waals surface area contributed by atoms with Crippen LogP contribution in [0.3, 0.4) is 0 Å². The quantitative estimate of drug-likeness (QED) is 0.768. The lowest BCUT2D eigenvalue weighted by Gasteiger charge is -2.05. The highest BCUT2D eigenvalue weighted by Gasteiger charge is 2.27. The first-order chi connectivity index (χ1) is 7.51. The summed E-state index contributed by atoms with van der Waals surface area (Å²) in [5.74, 6) is 1.25. The van der Waals surface area contributed by atoms with Gasteiger partial charge in [0, 0.05) is 12.8 Å². The zero-order chi connectivity index (χ0) is 12.0. The van der Waals surface area contributed by atoms with Crippen molar-refractivity contribution in [3.8, 4) is 0 Å². The Morgan fingerprint density at radius 2 is 2.06 bits per heavy atom. The van der Waals surface area contributed by atoms with Crippen LogP contribution in [0.2, 0.25) is 0 Å². The zero-order valence-electron chi connectivity index (χ0n) is 8.97. The van der Waals surface area contributed by atoms with Crippen molar-refractivity contribution in [2.75, 3.05) is 13.2 Å². The average Bonchev–Trinajstić information content (AvgIpc) is 2.60. The van der Waals surface area contributed by atoms with E-state index in [1.165, 1.54) is 0 Å². The van der Waals surface area contributed by atoms with E-state index >= 15 is 0 Å². The molecule has 7 heteroatoms. The lowest BCUT2D eigenvalue weighted by atomic mass is 10.3. The van der Waals surface area contributed by atoms with Crippen LogP contribution in [-0.4, -0.2) is 34.6 Å². The predicted molar refractivity (Wildman–Crippen MR) is 51.0 cm³/mol. The zero-order valence-corrected chi connectivity index (χ0v) is 8.97. The van der Waals surface area contributed by atoms with Gasteiger partial charge in [0.15, 0.2) is 5.82 Å². The highest BCUT2D eigenvalue weighted by atomic mass is 19.4. The van der Waals surface area contributed by atoms with Crippen molar-refractivity contribution in [1.82, 2.24) is 15.2 Å². The van der Waals surface area contributed by atoms with Gasteiger partial charge in [-0.05, 0) is 6.42 Å². The van der Waals surface area contributed by atoms with Gasteiger partial charge in [0.05, 0.1) is 6.61 Å². The van der Waals surface area contributed by atoms with Gasteiger partial charge in [-0.2, -0.15) is 18.3 Å². The van der Waals surface area contributed by atoms with Crippen molar-refractivity contribution < 1.29 is 17.9 Å². The Hall–Kier alpha value is -1.11. The number of hydrogen-bond donors (Lipinski definition) is 1. The third-order valence-corrected chi connectivity index (χ3v) is 1.80. The highest BCUT2D eigenvalue weighted by Crippen LogP contribution is 2.14. The fourth-order valence-corrected chi connectivity index (χ4v) is 1.15. The monoisotopic (exact) mass is 237 g/mol. The van der Waals surface area contributed by atoms with Gasteiger partial charge in [0.2, 0.25) is 0 Å². The predicted octanol–water partition coefficient (Wildman–Crippen LogP) is 1.88. The maximum Gasteiger partial charge on any atom is 0.411 e. The Kier molecular flexibility index (Phi) is 4.72. The Morgan fingerprint density at radius 3 is 2.69 bits per heavy atom. The van der Waals surface area contributed by atoms with Gasteiger partial charge in [-0.1, -0.05) is 6.92 Å². The molecule has 0 unspecified atom stereocenters. The number of aromatic amines is 1. The molecule has 1 N–H and O–H groups in total. The maximum absolute atomic E-state index is 11.7. The molecule has 1 aromatic heterocycles. The Morgan fingerprint density at radius 1 is 1.31 bits per heavy atom. The van der Waals surface area contributed by atoms with E-state index in [1.54, 1.807) is 0 Å². The Labute approximate surface area is 91.2 Å². The van der Waals surface area contributed by atoms with E-state index in [2.05, 4.69) is 19.9 Å². The molecule has 0 amide bonds. The van der Waals surface area contributed by atoms with Gasteiger partial charge in [-0.25, -0.2) is 4.98 Å². The van der Waals surface area contributed by atoms with E-state index in [1.807, 2.05) is 6.92 Å². The van der Waals surface area contributed by atoms with Crippen LogP contribution in [0.15, 0.2) is 0 Å². The number of ether oxygens (including phenoxy) is 1. The number of halogens is 3. The molecule has 1 heterocycles. The SMILES string of the molecule is CCCc1nc(CCOCC(F)(F)F)n[nH]1. The van der Waals surface area contributed by atoms with Crippen LogP contribution in [0.5, 0.6) is 0 Å². The second-order valence-electron chi connectivity index (χ2n) is 3.37. The van der Waals surface area contributed by atoms with E-state index in [0.29, 0.717) is 5.82 Å². The van der Waals surface area contributed by atoms with Crippen molar-refractivity contribution in [1.29, 1.82) is 0 Å². The number of aryl methyl sites for hydroxylation is 1. The molecule has 0 aliphatic heterocycles. The van der Waals surface area contributed by atoms with Crippen LogP contribution in [-0.2, 0) is 17.6 Å². The lowest BCUT2D eigenvalue weighted by molar-refractivity contribution is -0.173. The number of hydrogen-bond acceptors (Lipinski definition) is 3.